The van der Waals surface area contributed by atoms with Gasteiger partial charge in [-0.3, -0.25) is 4.57 Å². The summed E-state index contributed by atoms with van der Waals surface area (Å²) in [5, 5.41) is 3.25. The average molecular weight is 397 g/mol. The second kappa shape index (κ2) is 7.66. The van der Waals surface area contributed by atoms with Gasteiger partial charge in [0.15, 0.2) is 0 Å². The number of esters is 1. The molecule has 0 saturated heterocycles. The highest BCUT2D eigenvalue weighted by atomic mass is 19.1. The molecule has 150 valence electrons. The Morgan fingerprint density at radius 3 is 2.59 bits per heavy atom. The fraction of sp³-hybridized carbons (Fsp3) is 0.273. The van der Waals surface area contributed by atoms with Gasteiger partial charge in [-0.05, 0) is 43.2 Å². The lowest BCUT2D eigenvalue weighted by atomic mass is 9.93. The van der Waals surface area contributed by atoms with Gasteiger partial charge in [-0.1, -0.05) is 25.5 Å². The molecule has 0 spiro atoms. The zero-order valence-electron chi connectivity index (χ0n) is 16.2. The third kappa shape index (κ3) is 3.37. The molecule has 5 nitrogen and oxygen atoms in total. The number of nitrogens with one attached hydrogen (secondary N) is 1. The maximum atomic E-state index is 14.1. The van der Waals surface area contributed by atoms with Crippen LogP contribution in [0.15, 0.2) is 53.7 Å². The molecule has 4 rings (SSSR count). The van der Waals surface area contributed by atoms with Gasteiger partial charge in [0.25, 0.3) is 0 Å². The Hall–Kier alpha value is -3.22. The zero-order chi connectivity index (χ0) is 20.5. The van der Waals surface area contributed by atoms with E-state index in [4.69, 9.17) is 4.74 Å². The third-order valence-electron chi connectivity index (χ3n) is 4.91. The van der Waals surface area contributed by atoms with Gasteiger partial charge in [0.2, 0.25) is 5.95 Å². The summed E-state index contributed by atoms with van der Waals surface area (Å²) < 4.78 is 35.3. The summed E-state index contributed by atoms with van der Waals surface area (Å²) >= 11 is 0. The summed E-state index contributed by atoms with van der Waals surface area (Å²) in [6, 6.07) is 10.0. The second-order valence-electron chi connectivity index (χ2n) is 6.89. The Bertz CT molecular complexity index is 1100. The molecule has 29 heavy (non-hydrogen) atoms. The number of carbonyl (C=O) groups is 1. The number of fused-ring (bicyclic) bond motifs is 3. The van der Waals surface area contributed by atoms with E-state index in [1.165, 1.54) is 12.1 Å². The molecule has 0 bridgehead atoms. The van der Waals surface area contributed by atoms with Crippen molar-refractivity contribution in [2.24, 2.45) is 0 Å². The van der Waals surface area contributed by atoms with E-state index in [0.29, 0.717) is 29.2 Å². The molecule has 3 aromatic rings. The van der Waals surface area contributed by atoms with E-state index in [9.17, 15) is 13.6 Å². The number of carbonyl (C=O) groups excluding carboxylic acids is 1. The second-order valence-corrected chi connectivity index (χ2v) is 6.89. The number of para-hydroxylation sites is 2. The van der Waals surface area contributed by atoms with Crippen molar-refractivity contribution in [3.63, 3.8) is 0 Å². The number of anilines is 1. The van der Waals surface area contributed by atoms with E-state index in [0.717, 1.165) is 23.5 Å². The van der Waals surface area contributed by atoms with Gasteiger partial charge in [0.1, 0.15) is 11.6 Å². The molecular formula is C22H21F2N3O2. The van der Waals surface area contributed by atoms with Crippen molar-refractivity contribution in [3.05, 3.63) is 70.9 Å². The lowest BCUT2D eigenvalue weighted by Gasteiger charge is -2.31. The molecule has 1 atom stereocenters. The highest BCUT2D eigenvalue weighted by Gasteiger charge is 2.36. The van der Waals surface area contributed by atoms with Crippen LogP contribution in [0, 0.1) is 11.6 Å². The summed E-state index contributed by atoms with van der Waals surface area (Å²) in [4.78, 5) is 17.6. The average Bonchev–Trinajstić information content (AvgIpc) is 3.04. The van der Waals surface area contributed by atoms with Crippen molar-refractivity contribution in [1.29, 1.82) is 0 Å². The first kappa shape index (κ1) is 19.1. The van der Waals surface area contributed by atoms with Gasteiger partial charge in [0.05, 0.1) is 29.3 Å². The number of aromatic nitrogens is 2. The Kier molecular flexibility index (Phi) is 5.05. The first-order valence-corrected chi connectivity index (χ1v) is 9.63. The van der Waals surface area contributed by atoms with E-state index in [-0.39, 0.29) is 6.61 Å². The van der Waals surface area contributed by atoms with Crippen LogP contribution < -0.4 is 5.32 Å². The molecule has 0 amide bonds. The highest BCUT2D eigenvalue weighted by molar-refractivity contribution is 5.94. The van der Waals surface area contributed by atoms with Crippen molar-refractivity contribution in [3.8, 4) is 0 Å². The summed E-state index contributed by atoms with van der Waals surface area (Å²) in [6.07, 6.45) is 1.35. The quantitative estimate of drug-likeness (QED) is 0.619. The number of nitrogens with zero attached hydrogens (tertiary/aromatic N) is 2. The van der Waals surface area contributed by atoms with Gasteiger partial charge in [-0.25, -0.2) is 18.6 Å². The summed E-state index contributed by atoms with van der Waals surface area (Å²) in [7, 11) is 0. The number of imidazole rings is 1. The number of ether oxygens (including phenoxy) is 1. The molecule has 1 aromatic heterocycles. The predicted molar refractivity (Wildman–Crippen MR) is 106 cm³/mol. The number of allylic oxidation sites excluding steroid dienone is 1. The lowest BCUT2D eigenvalue weighted by molar-refractivity contribution is -0.139. The lowest BCUT2D eigenvalue weighted by Crippen LogP contribution is -2.30. The maximum Gasteiger partial charge on any atom is 0.338 e. The van der Waals surface area contributed by atoms with E-state index in [1.54, 1.807) is 11.5 Å². The smallest absolute Gasteiger partial charge is 0.338 e. The standard InChI is InChI=1S/C22H21F2N3O2/c1-3-7-17-19(21(28)29-4-2)20(13-10-14(23)12-15(24)11-13)27-18-9-6-5-8-16(18)25-22(27)26-17/h5-6,8-12,20H,3-4,7H2,1-2H3,(H,25,26)/t20-/m0/s1. The molecule has 2 aromatic carbocycles. The number of hydrogen-bond donors (Lipinski definition) is 1. The van der Waals surface area contributed by atoms with Crippen LogP contribution in [0.1, 0.15) is 38.3 Å². The number of rotatable bonds is 5. The molecule has 0 saturated carbocycles. The van der Waals surface area contributed by atoms with Gasteiger partial charge < -0.3 is 10.1 Å². The van der Waals surface area contributed by atoms with Crippen LogP contribution in [-0.2, 0) is 9.53 Å². The fourth-order valence-corrected chi connectivity index (χ4v) is 3.83. The van der Waals surface area contributed by atoms with Crippen LogP contribution in [0.3, 0.4) is 0 Å². The Labute approximate surface area is 167 Å². The zero-order valence-corrected chi connectivity index (χ0v) is 16.2. The third-order valence-corrected chi connectivity index (χ3v) is 4.91. The van der Waals surface area contributed by atoms with Crippen molar-refractivity contribution in [2.45, 2.75) is 32.7 Å². The van der Waals surface area contributed by atoms with Crippen LogP contribution in [0.5, 0.6) is 0 Å². The van der Waals surface area contributed by atoms with E-state index in [2.05, 4.69) is 10.3 Å². The molecule has 0 radical (unpaired) electrons. The summed E-state index contributed by atoms with van der Waals surface area (Å²) in [5.74, 6) is -1.39. The summed E-state index contributed by atoms with van der Waals surface area (Å²) in [5.41, 5.74) is 2.79. The molecule has 0 aliphatic carbocycles. The minimum absolute atomic E-state index is 0.198. The molecule has 0 fully saturated rings. The normalized spacial score (nSPS) is 15.9. The molecule has 0 unspecified atom stereocenters. The molecule has 1 aliphatic rings. The van der Waals surface area contributed by atoms with Crippen molar-refractivity contribution in [2.75, 3.05) is 11.9 Å². The van der Waals surface area contributed by atoms with Crippen LogP contribution in [-0.4, -0.2) is 22.1 Å². The van der Waals surface area contributed by atoms with Crippen LogP contribution >= 0.6 is 0 Å². The van der Waals surface area contributed by atoms with Gasteiger partial charge in [0, 0.05) is 11.8 Å². The summed E-state index contributed by atoms with van der Waals surface area (Å²) in [6.45, 7) is 3.92. The Balaban J connectivity index is 2.02. The number of hydrogen-bond acceptors (Lipinski definition) is 4. The number of benzene rings is 2. The monoisotopic (exact) mass is 397 g/mol. The van der Waals surface area contributed by atoms with Crippen LogP contribution in [0.2, 0.25) is 0 Å². The Morgan fingerprint density at radius 1 is 1.17 bits per heavy atom. The van der Waals surface area contributed by atoms with Crippen molar-refractivity contribution < 1.29 is 18.3 Å². The molecule has 7 heteroatoms. The largest absolute Gasteiger partial charge is 0.463 e. The van der Waals surface area contributed by atoms with Gasteiger partial charge >= 0.3 is 5.97 Å². The Morgan fingerprint density at radius 2 is 1.90 bits per heavy atom. The topological polar surface area (TPSA) is 56.2 Å². The van der Waals surface area contributed by atoms with Gasteiger partial charge in [-0.15, -0.1) is 0 Å². The molecular weight excluding hydrogens is 376 g/mol. The van der Waals surface area contributed by atoms with Gasteiger partial charge in [-0.2, -0.15) is 0 Å². The van der Waals surface area contributed by atoms with Crippen LogP contribution in [0.25, 0.3) is 11.0 Å². The molecule has 1 aliphatic heterocycles. The van der Waals surface area contributed by atoms with Crippen molar-refractivity contribution >= 4 is 23.0 Å². The molecule has 1 N–H and O–H groups in total. The fourth-order valence-electron chi connectivity index (χ4n) is 3.83. The first-order valence-electron chi connectivity index (χ1n) is 9.63. The predicted octanol–water partition coefficient (Wildman–Crippen LogP) is 4.95. The van der Waals surface area contributed by atoms with E-state index in [1.807, 2.05) is 31.2 Å². The number of halogens is 2. The maximum absolute atomic E-state index is 14.1. The van der Waals surface area contributed by atoms with E-state index < -0.39 is 23.6 Å². The first-order chi connectivity index (χ1) is 14.0. The SMILES string of the molecule is CCCC1=C(C(=O)OCC)[C@H](c2cc(F)cc(F)c2)n2c(nc3ccccc32)N1. The minimum atomic E-state index is -0.760. The van der Waals surface area contributed by atoms with E-state index >= 15 is 0 Å². The molecule has 2 heterocycles. The van der Waals surface area contributed by atoms with Crippen LogP contribution in [0.4, 0.5) is 14.7 Å². The highest BCUT2D eigenvalue weighted by Crippen LogP contribution is 2.40. The minimum Gasteiger partial charge on any atom is -0.463 e. The van der Waals surface area contributed by atoms with Crippen molar-refractivity contribution in [1.82, 2.24) is 9.55 Å².